The van der Waals surface area contributed by atoms with Gasteiger partial charge >= 0.3 is 0 Å². The van der Waals surface area contributed by atoms with Gasteiger partial charge in [0.1, 0.15) is 5.69 Å². The van der Waals surface area contributed by atoms with E-state index in [4.69, 9.17) is 17.4 Å². The number of rotatable bonds is 7. The summed E-state index contributed by atoms with van der Waals surface area (Å²) < 4.78 is 22.6. The molecule has 0 saturated carbocycles. The fourth-order valence-corrected chi connectivity index (χ4v) is 3.34. The van der Waals surface area contributed by atoms with Crippen molar-refractivity contribution in [3.63, 3.8) is 0 Å². The maximum absolute atomic E-state index is 12.2. The summed E-state index contributed by atoms with van der Waals surface area (Å²) >= 11 is 5.29. The number of nitrogens with one attached hydrogen (secondary N) is 3. The third-order valence-electron chi connectivity index (χ3n) is 4.24. The van der Waals surface area contributed by atoms with Crippen LogP contribution in [0.15, 0.2) is 77.8 Å². The number of nitrogens with zero attached hydrogens (tertiary/aromatic N) is 1. The van der Waals surface area contributed by atoms with Crippen molar-refractivity contribution in [2.45, 2.75) is 18.0 Å². The van der Waals surface area contributed by atoms with E-state index in [0.717, 1.165) is 11.1 Å². The number of primary sulfonamides is 1. The highest BCUT2D eigenvalue weighted by molar-refractivity contribution is 7.89. The van der Waals surface area contributed by atoms with Crippen LogP contribution in [0.4, 0.5) is 5.69 Å². The number of pyridine rings is 1. The predicted octanol–water partition coefficient (Wildman–Crippen LogP) is 2.15. The third-order valence-corrected chi connectivity index (χ3v) is 5.46. The first kappa shape index (κ1) is 22.3. The first-order valence-corrected chi connectivity index (χ1v) is 11.2. The molecule has 1 aromatic heterocycles. The summed E-state index contributed by atoms with van der Waals surface area (Å²) in [5.74, 6) is -0.281. The molecule has 0 fully saturated rings. The Kier molecular flexibility index (Phi) is 7.29. The molecule has 0 aliphatic carbocycles. The quantitative estimate of drug-likeness (QED) is 0.402. The van der Waals surface area contributed by atoms with E-state index in [1.165, 1.54) is 12.1 Å². The van der Waals surface area contributed by atoms with Crippen LogP contribution < -0.4 is 21.1 Å². The van der Waals surface area contributed by atoms with E-state index in [1.807, 2.05) is 18.2 Å². The smallest absolute Gasteiger partial charge is 0.274 e. The summed E-state index contributed by atoms with van der Waals surface area (Å²) in [6, 6.07) is 18.8. The second kappa shape index (κ2) is 10.1. The molecule has 3 aromatic rings. The van der Waals surface area contributed by atoms with Crippen LogP contribution in [0.2, 0.25) is 0 Å². The SMILES string of the molecule is NS(=O)(=O)c1ccc(CNC(=S)NCc2cccc(NC(=O)c3ccccn3)c2)cc1. The van der Waals surface area contributed by atoms with E-state index >= 15 is 0 Å². The van der Waals surface area contributed by atoms with Gasteiger partial charge in [-0.3, -0.25) is 9.78 Å². The molecule has 5 N–H and O–H groups in total. The average molecular weight is 456 g/mol. The van der Waals surface area contributed by atoms with Gasteiger partial charge in [0.2, 0.25) is 10.0 Å². The lowest BCUT2D eigenvalue weighted by Crippen LogP contribution is -2.34. The highest BCUT2D eigenvalue weighted by Gasteiger charge is 2.08. The van der Waals surface area contributed by atoms with Crippen molar-refractivity contribution in [3.05, 3.63) is 89.7 Å². The number of carbonyl (C=O) groups is 1. The molecule has 2 aromatic carbocycles. The number of anilines is 1. The third kappa shape index (κ3) is 6.85. The van der Waals surface area contributed by atoms with Crippen LogP contribution in [0.1, 0.15) is 21.6 Å². The second-order valence-electron chi connectivity index (χ2n) is 6.59. The summed E-state index contributed by atoms with van der Waals surface area (Å²) in [6.45, 7) is 0.889. The minimum atomic E-state index is -3.71. The van der Waals surface area contributed by atoms with Gasteiger partial charge in [-0.1, -0.05) is 30.3 Å². The zero-order valence-electron chi connectivity index (χ0n) is 16.4. The number of benzene rings is 2. The maximum Gasteiger partial charge on any atom is 0.274 e. The topological polar surface area (TPSA) is 126 Å². The van der Waals surface area contributed by atoms with Crippen molar-refractivity contribution in [1.82, 2.24) is 15.6 Å². The van der Waals surface area contributed by atoms with Crippen molar-refractivity contribution in [1.29, 1.82) is 0 Å². The van der Waals surface area contributed by atoms with Crippen molar-refractivity contribution in [2.24, 2.45) is 5.14 Å². The Morgan fingerprint density at radius 2 is 1.65 bits per heavy atom. The number of nitrogens with two attached hydrogens (primary N) is 1. The predicted molar refractivity (Wildman–Crippen MR) is 123 cm³/mol. The minimum Gasteiger partial charge on any atom is -0.359 e. The summed E-state index contributed by atoms with van der Waals surface area (Å²) in [7, 11) is -3.71. The van der Waals surface area contributed by atoms with Crippen LogP contribution in [0.5, 0.6) is 0 Å². The summed E-state index contributed by atoms with van der Waals surface area (Å²) in [5, 5.41) is 14.5. The standard InChI is InChI=1S/C21H21N5O3S2/c22-31(28,29)18-9-7-15(8-10-18)13-24-21(30)25-14-16-4-3-5-17(12-16)26-20(27)19-6-1-2-11-23-19/h1-12H,13-14H2,(H,26,27)(H2,22,28,29)(H2,24,25,30). The molecule has 0 atom stereocenters. The van der Waals surface area contributed by atoms with Crippen LogP contribution >= 0.6 is 12.2 Å². The lowest BCUT2D eigenvalue weighted by Gasteiger charge is -2.12. The molecule has 0 bridgehead atoms. The van der Waals surface area contributed by atoms with Crippen LogP contribution in [0.3, 0.4) is 0 Å². The van der Waals surface area contributed by atoms with Crippen molar-refractivity contribution < 1.29 is 13.2 Å². The molecular weight excluding hydrogens is 434 g/mol. The highest BCUT2D eigenvalue weighted by Crippen LogP contribution is 2.12. The number of aromatic nitrogens is 1. The van der Waals surface area contributed by atoms with E-state index in [9.17, 15) is 13.2 Å². The van der Waals surface area contributed by atoms with Crippen molar-refractivity contribution in [2.75, 3.05) is 5.32 Å². The molecule has 0 saturated heterocycles. The van der Waals surface area contributed by atoms with Crippen LogP contribution in [-0.4, -0.2) is 24.4 Å². The maximum atomic E-state index is 12.2. The molecule has 1 amide bonds. The molecule has 0 unspecified atom stereocenters. The molecule has 10 heteroatoms. The normalized spacial score (nSPS) is 10.9. The number of thiocarbonyl (C=S) groups is 1. The molecule has 0 radical (unpaired) electrons. The number of carbonyl (C=O) groups excluding carboxylic acids is 1. The first-order valence-electron chi connectivity index (χ1n) is 9.26. The minimum absolute atomic E-state index is 0.0620. The molecule has 0 spiro atoms. The Balaban J connectivity index is 1.49. The van der Waals surface area contributed by atoms with E-state index in [0.29, 0.717) is 29.6 Å². The number of hydrogen-bond acceptors (Lipinski definition) is 5. The van der Waals surface area contributed by atoms with Gasteiger partial charge in [-0.15, -0.1) is 0 Å². The Morgan fingerprint density at radius 3 is 2.29 bits per heavy atom. The Labute approximate surface area is 185 Å². The summed E-state index contributed by atoms with van der Waals surface area (Å²) in [5.41, 5.74) is 2.79. The van der Waals surface area contributed by atoms with Crippen molar-refractivity contribution >= 4 is 38.9 Å². The lowest BCUT2D eigenvalue weighted by atomic mass is 10.2. The average Bonchev–Trinajstić information content (AvgIpc) is 2.77. The number of sulfonamides is 1. The van der Waals surface area contributed by atoms with Gasteiger partial charge in [0.15, 0.2) is 5.11 Å². The van der Waals surface area contributed by atoms with E-state index in [2.05, 4.69) is 20.9 Å². The fourth-order valence-electron chi connectivity index (χ4n) is 2.68. The molecule has 31 heavy (non-hydrogen) atoms. The van der Waals surface area contributed by atoms with Crippen molar-refractivity contribution in [3.8, 4) is 0 Å². The van der Waals surface area contributed by atoms with E-state index < -0.39 is 10.0 Å². The Hall–Kier alpha value is -3.34. The fraction of sp³-hybridized carbons (Fsp3) is 0.0952. The van der Waals surface area contributed by atoms with Gasteiger partial charge in [-0.05, 0) is 59.7 Å². The Morgan fingerprint density at radius 1 is 0.935 bits per heavy atom. The van der Waals surface area contributed by atoms with E-state index in [-0.39, 0.29) is 10.8 Å². The van der Waals surface area contributed by atoms with Crippen LogP contribution in [0, 0.1) is 0 Å². The highest BCUT2D eigenvalue weighted by atomic mass is 32.2. The zero-order chi connectivity index (χ0) is 22.3. The lowest BCUT2D eigenvalue weighted by molar-refractivity contribution is 0.102. The van der Waals surface area contributed by atoms with Gasteiger partial charge in [-0.25, -0.2) is 13.6 Å². The molecule has 1 heterocycles. The zero-order valence-corrected chi connectivity index (χ0v) is 18.0. The molecule has 8 nitrogen and oxygen atoms in total. The van der Waals surface area contributed by atoms with Gasteiger partial charge < -0.3 is 16.0 Å². The molecular formula is C21H21N5O3S2. The van der Waals surface area contributed by atoms with Crippen LogP contribution in [-0.2, 0) is 23.1 Å². The Bertz CT molecular complexity index is 1170. The van der Waals surface area contributed by atoms with Crippen LogP contribution in [0.25, 0.3) is 0 Å². The number of amides is 1. The molecule has 0 aliphatic rings. The molecule has 3 rings (SSSR count). The summed E-state index contributed by atoms with van der Waals surface area (Å²) in [6.07, 6.45) is 1.57. The number of hydrogen-bond donors (Lipinski definition) is 4. The van der Waals surface area contributed by atoms with E-state index in [1.54, 1.807) is 42.6 Å². The largest absolute Gasteiger partial charge is 0.359 e. The second-order valence-corrected chi connectivity index (χ2v) is 8.56. The molecule has 0 aliphatic heterocycles. The monoisotopic (exact) mass is 455 g/mol. The summed E-state index contributed by atoms with van der Waals surface area (Å²) in [4.78, 5) is 16.3. The molecule has 160 valence electrons. The van der Waals surface area contributed by atoms with Gasteiger partial charge in [0, 0.05) is 25.0 Å². The van der Waals surface area contributed by atoms with Gasteiger partial charge in [-0.2, -0.15) is 0 Å². The van der Waals surface area contributed by atoms with Gasteiger partial charge in [0.25, 0.3) is 5.91 Å². The first-order chi connectivity index (χ1) is 14.8. The van der Waals surface area contributed by atoms with Gasteiger partial charge in [0.05, 0.1) is 4.90 Å².